The number of rotatable bonds is 3. The molecule has 0 atom stereocenters. The molecule has 1 heteroatoms. The van der Waals surface area contributed by atoms with Crippen molar-refractivity contribution < 1.29 is 0 Å². The van der Waals surface area contributed by atoms with Crippen molar-refractivity contribution in [3.63, 3.8) is 0 Å². The van der Waals surface area contributed by atoms with E-state index >= 15 is 0 Å². The molecule has 1 N–H and O–H groups in total. The SMILES string of the molecule is CCC[CH]C1CNC1. The molecule has 0 aromatic rings. The lowest BCUT2D eigenvalue weighted by Crippen LogP contribution is -2.42. The monoisotopic (exact) mass is 112 g/mol. The summed E-state index contributed by atoms with van der Waals surface area (Å²) in [5.41, 5.74) is 0. The summed E-state index contributed by atoms with van der Waals surface area (Å²) >= 11 is 0. The topological polar surface area (TPSA) is 12.0 Å². The molecular weight excluding hydrogens is 98.1 g/mol. The second-order valence-electron chi connectivity index (χ2n) is 2.44. The standard InChI is InChI=1S/C7H14N/c1-2-3-4-7-5-8-6-7/h4,7-8H,2-3,5-6H2,1H3. The summed E-state index contributed by atoms with van der Waals surface area (Å²) < 4.78 is 0. The lowest BCUT2D eigenvalue weighted by atomic mass is 9.97. The van der Waals surface area contributed by atoms with Crippen LogP contribution in [0.5, 0.6) is 0 Å². The molecule has 0 unspecified atom stereocenters. The predicted molar refractivity (Wildman–Crippen MR) is 35.6 cm³/mol. The average molecular weight is 112 g/mol. The quantitative estimate of drug-likeness (QED) is 0.578. The first-order chi connectivity index (χ1) is 3.93. The minimum Gasteiger partial charge on any atom is -0.316 e. The maximum atomic E-state index is 3.24. The first-order valence-corrected chi connectivity index (χ1v) is 3.47. The van der Waals surface area contributed by atoms with E-state index in [2.05, 4.69) is 18.7 Å². The predicted octanol–water partition coefficient (Wildman–Crippen LogP) is 1.21. The summed E-state index contributed by atoms with van der Waals surface area (Å²) in [6, 6.07) is 0. The Bertz CT molecular complexity index is 57.4. The Labute approximate surface area is 51.5 Å². The van der Waals surface area contributed by atoms with E-state index in [0.29, 0.717) is 0 Å². The van der Waals surface area contributed by atoms with Gasteiger partial charge in [0.15, 0.2) is 0 Å². The van der Waals surface area contributed by atoms with Gasteiger partial charge in [-0.2, -0.15) is 0 Å². The van der Waals surface area contributed by atoms with Crippen LogP contribution in [0.15, 0.2) is 0 Å². The van der Waals surface area contributed by atoms with Crippen LogP contribution in [0.1, 0.15) is 19.8 Å². The lowest BCUT2D eigenvalue weighted by Gasteiger charge is -2.26. The minimum absolute atomic E-state index is 0.898. The molecule has 1 heterocycles. The summed E-state index contributed by atoms with van der Waals surface area (Å²) in [6.07, 6.45) is 5.03. The molecule has 1 aliphatic rings. The first kappa shape index (κ1) is 6.09. The van der Waals surface area contributed by atoms with E-state index in [-0.39, 0.29) is 0 Å². The maximum Gasteiger partial charge on any atom is -0.000549 e. The van der Waals surface area contributed by atoms with Crippen LogP contribution in [0.2, 0.25) is 0 Å². The van der Waals surface area contributed by atoms with Gasteiger partial charge in [0.2, 0.25) is 0 Å². The average Bonchev–Trinajstić information content (AvgIpc) is 1.63. The van der Waals surface area contributed by atoms with E-state index in [1.807, 2.05) is 0 Å². The Morgan fingerprint density at radius 2 is 2.38 bits per heavy atom. The summed E-state index contributed by atoms with van der Waals surface area (Å²) in [7, 11) is 0. The number of nitrogens with one attached hydrogen (secondary N) is 1. The molecule has 0 amide bonds. The van der Waals surface area contributed by atoms with Crippen molar-refractivity contribution in [2.45, 2.75) is 19.8 Å². The van der Waals surface area contributed by atoms with Crippen molar-refractivity contribution in [1.29, 1.82) is 0 Å². The molecule has 1 saturated heterocycles. The smallest absolute Gasteiger partial charge is 0.000549 e. The van der Waals surface area contributed by atoms with Gasteiger partial charge in [0.1, 0.15) is 0 Å². The summed E-state index contributed by atoms with van der Waals surface area (Å²) in [5, 5.41) is 3.24. The van der Waals surface area contributed by atoms with Crippen LogP contribution in [0.25, 0.3) is 0 Å². The van der Waals surface area contributed by atoms with Crippen molar-refractivity contribution >= 4 is 0 Å². The Morgan fingerprint density at radius 1 is 1.62 bits per heavy atom. The van der Waals surface area contributed by atoms with Gasteiger partial charge >= 0.3 is 0 Å². The highest BCUT2D eigenvalue weighted by Gasteiger charge is 2.14. The van der Waals surface area contributed by atoms with Gasteiger partial charge in [0, 0.05) is 0 Å². The van der Waals surface area contributed by atoms with E-state index in [4.69, 9.17) is 0 Å². The zero-order chi connectivity index (χ0) is 5.82. The molecular formula is C7H14N. The van der Waals surface area contributed by atoms with Crippen LogP contribution < -0.4 is 5.32 Å². The molecule has 1 rings (SSSR count). The van der Waals surface area contributed by atoms with Gasteiger partial charge in [0.25, 0.3) is 0 Å². The van der Waals surface area contributed by atoms with Gasteiger partial charge in [-0.3, -0.25) is 0 Å². The fraction of sp³-hybridized carbons (Fsp3) is 0.857. The Kier molecular flexibility index (Phi) is 2.34. The van der Waals surface area contributed by atoms with Gasteiger partial charge in [-0.1, -0.05) is 19.8 Å². The Morgan fingerprint density at radius 3 is 2.75 bits per heavy atom. The maximum absolute atomic E-state index is 3.24. The number of hydrogen-bond donors (Lipinski definition) is 1. The van der Waals surface area contributed by atoms with Gasteiger partial charge in [-0.15, -0.1) is 0 Å². The fourth-order valence-electron chi connectivity index (χ4n) is 0.880. The molecule has 0 saturated carbocycles. The third kappa shape index (κ3) is 1.48. The van der Waals surface area contributed by atoms with Crippen LogP contribution in [0.3, 0.4) is 0 Å². The van der Waals surface area contributed by atoms with E-state index < -0.39 is 0 Å². The van der Waals surface area contributed by atoms with Crippen molar-refractivity contribution in [3.05, 3.63) is 6.42 Å². The van der Waals surface area contributed by atoms with Crippen LogP contribution in [-0.4, -0.2) is 13.1 Å². The fourth-order valence-corrected chi connectivity index (χ4v) is 0.880. The largest absolute Gasteiger partial charge is 0.316 e. The highest BCUT2D eigenvalue weighted by atomic mass is 14.9. The van der Waals surface area contributed by atoms with Crippen LogP contribution >= 0.6 is 0 Å². The van der Waals surface area contributed by atoms with Gasteiger partial charge in [-0.25, -0.2) is 0 Å². The van der Waals surface area contributed by atoms with E-state index in [0.717, 1.165) is 5.92 Å². The van der Waals surface area contributed by atoms with E-state index in [1.54, 1.807) is 0 Å². The zero-order valence-electron chi connectivity index (χ0n) is 5.48. The van der Waals surface area contributed by atoms with Crippen molar-refractivity contribution in [3.8, 4) is 0 Å². The molecule has 0 spiro atoms. The van der Waals surface area contributed by atoms with Crippen LogP contribution in [0.4, 0.5) is 0 Å². The highest BCUT2D eigenvalue weighted by molar-refractivity contribution is 4.86. The molecule has 0 aliphatic carbocycles. The van der Waals surface area contributed by atoms with Gasteiger partial charge in [0.05, 0.1) is 0 Å². The second-order valence-corrected chi connectivity index (χ2v) is 2.44. The third-order valence-electron chi connectivity index (χ3n) is 1.60. The van der Waals surface area contributed by atoms with E-state index in [1.165, 1.54) is 25.9 Å². The molecule has 1 nitrogen and oxygen atoms in total. The highest BCUT2D eigenvalue weighted by Crippen LogP contribution is 2.10. The van der Waals surface area contributed by atoms with Gasteiger partial charge < -0.3 is 5.32 Å². The van der Waals surface area contributed by atoms with Gasteiger partial charge in [-0.05, 0) is 25.4 Å². The molecule has 8 heavy (non-hydrogen) atoms. The van der Waals surface area contributed by atoms with E-state index in [9.17, 15) is 0 Å². The molecule has 0 aromatic carbocycles. The molecule has 1 aliphatic heterocycles. The van der Waals surface area contributed by atoms with Crippen molar-refractivity contribution in [2.75, 3.05) is 13.1 Å². The lowest BCUT2D eigenvalue weighted by molar-refractivity contribution is 0.384. The van der Waals surface area contributed by atoms with Crippen LogP contribution in [-0.2, 0) is 0 Å². The molecule has 0 aromatic heterocycles. The molecule has 0 bridgehead atoms. The summed E-state index contributed by atoms with van der Waals surface area (Å²) in [6.45, 7) is 4.67. The second kappa shape index (κ2) is 3.08. The number of hydrogen-bond acceptors (Lipinski definition) is 1. The summed E-state index contributed by atoms with van der Waals surface area (Å²) in [5.74, 6) is 0.898. The molecule has 1 radical (unpaired) electrons. The molecule has 47 valence electrons. The first-order valence-electron chi connectivity index (χ1n) is 3.47. The Hall–Kier alpha value is -0.0400. The third-order valence-corrected chi connectivity index (χ3v) is 1.60. The minimum atomic E-state index is 0.898. The number of unbranched alkanes of at least 4 members (excludes halogenated alkanes) is 1. The zero-order valence-corrected chi connectivity index (χ0v) is 5.48. The van der Waals surface area contributed by atoms with Crippen molar-refractivity contribution in [1.82, 2.24) is 5.32 Å². The molecule has 1 fully saturated rings. The summed E-state index contributed by atoms with van der Waals surface area (Å²) in [4.78, 5) is 0. The van der Waals surface area contributed by atoms with Crippen LogP contribution in [0, 0.1) is 12.3 Å². The normalized spacial score (nSPS) is 20.6. The Balaban J connectivity index is 1.86. The van der Waals surface area contributed by atoms with Crippen molar-refractivity contribution in [2.24, 2.45) is 5.92 Å².